The van der Waals surface area contributed by atoms with Crippen molar-refractivity contribution in [1.29, 1.82) is 0 Å². The number of nitrogens with one attached hydrogen (secondary N) is 2. The van der Waals surface area contributed by atoms with Gasteiger partial charge in [0.1, 0.15) is 17.9 Å². The topological polar surface area (TPSA) is 95.5 Å². The maximum Gasteiger partial charge on any atom is 0.326 e. The quantitative estimate of drug-likeness (QED) is 0.462. The summed E-state index contributed by atoms with van der Waals surface area (Å²) in [7, 11) is 0. The van der Waals surface area contributed by atoms with E-state index in [0.29, 0.717) is 12.8 Å². The van der Waals surface area contributed by atoms with Crippen molar-refractivity contribution in [2.75, 3.05) is 0 Å². The molecule has 0 aliphatic rings. The smallest absolute Gasteiger partial charge is 0.326 e. The molecule has 0 saturated heterocycles. The number of terminal acetylenes is 1. The van der Waals surface area contributed by atoms with Crippen LogP contribution >= 0.6 is 0 Å². The molecule has 0 spiro atoms. The Hall–Kier alpha value is -2.88. The van der Waals surface area contributed by atoms with Gasteiger partial charge in [-0.2, -0.15) is 0 Å². The third-order valence-electron chi connectivity index (χ3n) is 3.50. The van der Waals surface area contributed by atoms with Gasteiger partial charge in [0.05, 0.1) is 0 Å². The number of hydrogen-bond donors (Lipinski definition) is 3. The molecule has 3 N–H and O–H groups in total. The summed E-state index contributed by atoms with van der Waals surface area (Å²) in [6, 6.07) is 3.66. The lowest BCUT2D eigenvalue weighted by molar-refractivity contribution is -0.142. The minimum Gasteiger partial charge on any atom is -0.480 e. The van der Waals surface area contributed by atoms with E-state index in [1.165, 1.54) is 25.1 Å². The fourth-order valence-electron chi connectivity index (χ4n) is 2.28. The van der Waals surface area contributed by atoms with Crippen molar-refractivity contribution in [3.8, 4) is 12.3 Å². The number of carboxylic acid groups (broad SMARTS) is 1. The largest absolute Gasteiger partial charge is 0.480 e. The van der Waals surface area contributed by atoms with Gasteiger partial charge in [-0.3, -0.25) is 9.59 Å². The van der Waals surface area contributed by atoms with Gasteiger partial charge in [0.25, 0.3) is 0 Å². The Labute approximate surface area is 145 Å². The number of carbonyl (C=O) groups is 3. The molecule has 2 amide bonds. The predicted molar refractivity (Wildman–Crippen MR) is 90.0 cm³/mol. The molecular formula is C18H21FN2O4. The van der Waals surface area contributed by atoms with Crippen LogP contribution in [0.2, 0.25) is 0 Å². The molecule has 1 rings (SSSR count). The molecular weight excluding hydrogens is 327 g/mol. The van der Waals surface area contributed by atoms with E-state index in [9.17, 15) is 23.9 Å². The van der Waals surface area contributed by atoms with Gasteiger partial charge in [0.2, 0.25) is 11.8 Å². The second-order valence-electron chi connectivity index (χ2n) is 5.54. The molecule has 0 aromatic heterocycles. The van der Waals surface area contributed by atoms with Crippen LogP contribution < -0.4 is 10.6 Å². The molecule has 134 valence electrons. The van der Waals surface area contributed by atoms with Crippen LogP contribution in [0.4, 0.5) is 4.39 Å². The molecule has 0 fully saturated rings. The molecule has 0 aliphatic carbocycles. The van der Waals surface area contributed by atoms with E-state index in [-0.39, 0.29) is 18.4 Å². The van der Waals surface area contributed by atoms with Gasteiger partial charge < -0.3 is 15.7 Å². The summed E-state index contributed by atoms with van der Waals surface area (Å²) >= 11 is 0. The van der Waals surface area contributed by atoms with Gasteiger partial charge in [0, 0.05) is 19.8 Å². The maximum atomic E-state index is 13.8. The van der Waals surface area contributed by atoms with Gasteiger partial charge in [-0.15, -0.1) is 12.3 Å². The first-order chi connectivity index (χ1) is 11.8. The van der Waals surface area contributed by atoms with E-state index in [1.807, 2.05) is 0 Å². The average Bonchev–Trinajstić information content (AvgIpc) is 2.54. The zero-order valence-corrected chi connectivity index (χ0v) is 13.9. The van der Waals surface area contributed by atoms with Crippen LogP contribution in [0.3, 0.4) is 0 Å². The summed E-state index contributed by atoms with van der Waals surface area (Å²) in [5, 5.41) is 14.0. The number of benzene rings is 1. The summed E-state index contributed by atoms with van der Waals surface area (Å²) in [5.74, 6) is -0.467. The predicted octanol–water partition coefficient (Wildman–Crippen LogP) is 1.25. The Kier molecular flexibility index (Phi) is 8.13. The first-order valence-electron chi connectivity index (χ1n) is 7.82. The molecule has 1 aromatic carbocycles. The lowest BCUT2D eigenvalue weighted by atomic mass is 10.0. The fraction of sp³-hybridized carbons (Fsp3) is 0.389. The molecule has 0 radical (unpaired) electrons. The van der Waals surface area contributed by atoms with Crippen LogP contribution in [0, 0.1) is 18.2 Å². The summed E-state index contributed by atoms with van der Waals surface area (Å²) in [4.78, 5) is 35.0. The van der Waals surface area contributed by atoms with Crippen LogP contribution in [0.15, 0.2) is 24.3 Å². The highest BCUT2D eigenvalue weighted by Crippen LogP contribution is 2.10. The molecule has 0 heterocycles. The molecule has 0 bridgehead atoms. The summed E-state index contributed by atoms with van der Waals surface area (Å²) in [5.41, 5.74) is 0.246. The minimum absolute atomic E-state index is 0.0885. The second kappa shape index (κ2) is 10.1. The molecule has 25 heavy (non-hydrogen) atoms. The van der Waals surface area contributed by atoms with Gasteiger partial charge >= 0.3 is 5.97 Å². The summed E-state index contributed by atoms with van der Waals surface area (Å²) in [6.07, 6.45) is 6.03. The number of carbonyl (C=O) groups excluding carboxylic acids is 2. The summed E-state index contributed by atoms with van der Waals surface area (Å²) in [6.45, 7) is 1.23. The van der Waals surface area contributed by atoms with Crippen molar-refractivity contribution in [3.05, 3.63) is 35.6 Å². The Morgan fingerprint density at radius 1 is 1.24 bits per heavy atom. The van der Waals surface area contributed by atoms with E-state index in [1.54, 1.807) is 6.07 Å². The number of halogens is 1. The first kappa shape index (κ1) is 20.2. The van der Waals surface area contributed by atoms with Gasteiger partial charge in [0.15, 0.2) is 0 Å². The average molecular weight is 348 g/mol. The maximum absolute atomic E-state index is 13.8. The molecule has 0 unspecified atom stereocenters. The monoisotopic (exact) mass is 348 g/mol. The number of hydrogen-bond acceptors (Lipinski definition) is 3. The van der Waals surface area contributed by atoms with Gasteiger partial charge in [-0.1, -0.05) is 18.2 Å². The fourth-order valence-corrected chi connectivity index (χ4v) is 2.28. The van der Waals surface area contributed by atoms with Crippen LogP contribution in [0.1, 0.15) is 31.7 Å². The number of carboxylic acids is 1. The number of aliphatic carboxylic acids is 1. The number of amides is 2. The summed E-state index contributed by atoms with van der Waals surface area (Å²) < 4.78 is 13.8. The van der Waals surface area contributed by atoms with Crippen molar-refractivity contribution < 1.29 is 23.9 Å². The Balaban J connectivity index is 2.84. The lowest BCUT2D eigenvalue weighted by Crippen LogP contribution is -2.52. The third kappa shape index (κ3) is 7.04. The van der Waals surface area contributed by atoms with E-state index < -0.39 is 35.7 Å². The molecule has 0 saturated carbocycles. The highest BCUT2D eigenvalue weighted by atomic mass is 19.1. The number of rotatable bonds is 9. The van der Waals surface area contributed by atoms with Crippen molar-refractivity contribution >= 4 is 17.8 Å². The van der Waals surface area contributed by atoms with E-state index >= 15 is 0 Å². The van der Waals surface area contributed by atoms with Crippen molar-refractivity contribution in [3.63, 3.8) is 0 Å². The standard InChI is InChI=1S/C18H21FN2O4/c1-3-4-5-10-15(18(24)25)21-17(23)16(20-12(2)22)11-13-8-6-7-9-14(13)19/h1,6-9,15-16H,4-5,10-11H2,2H3,(H,20,22)(H,21,23)(H,24,25)/t15-,16+/m0/s1. The highest BCUT2D eigenvalue weighted by Gasteiger charge is 2.26. The van der Waals surface area contributed by atoms with E-state index in [4.69, 9.17) is 6.42 Å². The normalized spacial score (nSPS) is 12.5. The van der Waals surface area contributed by atoms with Crippen molar-refractivity contribution in [1.82, 2.24) is 10.6 Å². The SMILES string of the molecule is C#CCCC[C@H](NC(=O)[C@@H](Cc1ccccc1F)NC(C)=O)C(=O)O. The van der Waals surface area contributed by atoms with Crippen LogP contribution in [-0.4, -0.2) is 35.0 Å². The van der Waals surface area contributed by atoms with Crippen molar-refractivity contribution in [2.45, 2.75) is 44.7 Å². The second-order valence-corrected chi connectivity index (χ2v) is 5.54. The Morgan fingerprint density at radius 2 is 1.92 bits per heavy atom. The Morgan fingerprint density at radius 3 is 2.48 bits per heavy atom. The zero-order chi connectivity index (χ0) is 18.8. The Bertz CT molecular complexity index is 669. The van der Waals surface area contributed by atoms with E-state index in [2.05, 4.69) is 16.6 Å². The first-order valence-corrected chi connectivity index (χ1v) is 7.82. The molecule has 2 atom stereocenters. The molecule has 1 aromatic rings. The number of unbranched alkanes of at least 4 members (excludes halogenated alkanes) is 1. The van der Waals surface area contributed by atoms with Crippen LogP contribution in [-0.2, 0) is 20.8 Å². The van der Waals surface area contributed by atoms with Gasteiger partial charge in [-0.05, 0) is 24.5 Å². The molecule has 7 heteroatoms. The van der Waals surface area contributed by atoms with Crippen LogP contribution in [0.25, 0.3) is 0 Å². The van der Waals surface area contributed by atoms with E-state index in [0.717, 1.165) is 0 Å². The minimum atomic E-state index is -1.20. The highest BCUT2D eigenvalue weighted by molar-refractivity contribution is 5.90. The van der Waals surface area contributed by atoms with Crippen LogP contribution in [0.5, 0.6) is 0 Å². The molecule has 0 aliphatic heterocycles. The van der Waals surface area contributed by atoms with Crippen molar-refractivity contribution in [2.24, 2.45) is 0 Å². The lowest BCUT2D eigenvalue weighted by Gasteiger charge is -2.21. The van der Waals surface area contributed by atoms with Gasteiger partial charge in [-0.25, -0.2) is 9.18 Å². The molecule has 6 nitrogen and oxygen atoms in total. The zero-order valence-electron chi connectivity index (χ0n) is 13.9. The third-order valence-corrected chi connectivity index (χ3v) is 3.50.